The van der Waals surface area contributed by atoms with Crippen LogP contribution in [0.4, 0.5) is 0 Å². The Morgan fingerprint density at radius 3 is 2.68 bits per heavy atom. The average molecular weight is 343 g/mol. The monoisotopic (exact) mass is 343 g/mol. The Morgan fingerprint density at radius 2 is 2.08 bits per heavy atom. The molecule has 7 heteroatoms. The molecule has 0 spiro atoms. The van der Waals surface area contributed by atoms with E-state index in [-0.39, 0.29) is 17.7 Å². The molecule has 0 radical (unpaired) electrons. The second-order valence-electron chi connectivity index (χ2n) is 7.06. The Balaban J connectivity index is 1.73. The number of Topliss-reactive ketones (excluding diaryl/α,β-unsaturated/α-hetero) is 1. The molecule has 1 aliphatic heterocycles. The van der Waals surface area contributed by atoms with Crippen LogP contribution in [0.2, 0.25) is 0 Å². The van der Waals surface area contributed by atoms with E-state index in [1.807, 2.05) is 13.1 Å². The summed E-state index contributed by atoms with van der Waals surface area (Å²) in [5, 5.41) is 8.42. The summed E-state index contributed by atoms with van der Waals surface area (Å²) in [6.45, 7) is 4.84. The molecule has 0 bridgehead atoms. The van der Waals surface area contributed by atoms with Crippen LogP contribution in [0.1, 0.15) is 65.6 Å². The van der Waals surface area contributed by atoms with Crippen LogP contribution in [0.15, 0.2) is 18.5 Å². The largest absolute Gasteiger partial charge is 0.334 e. The molecular formula is C18H25N5O2. The minimum Gasteiger partial charge on any atom is -0.334 e. The predicted octanol–water partition coefficient (Wildman–Crippen LogP) is 2.15. The molecule has 1 saturated heterocycles. The molecule has 7 nitrogen and oxygen atoms in total. The van der Waals surface area contributed by atoms with E-state index >= 15 is 0 Å². The van der Waals surface area contributed by atoms with Crippen molar-refractivity contribution in [1.29, 1.82) is 0 Å². The minimum atomic E-state index is -0.0796. The third kappa shape index (κ3) is 3.50. The Bertz CT molecular complexity index is 789. The zero-order valence-electron chi connectivity index (χ0n) is 15.3. The van der Waals surface area contributed by atoms with Gasteiger partial charge in [0, 0.05) is 45.0 Å². The Morgan fingerprint density at radius 1 is 1.32 bits per heavy atom. The number of hydrogen-bond donors (Lipinski definition) is 0. The van der Waals surface area contributed by atoms with Gasteiger partial charge in [-0.2, -0.15) is 10.2 Å². The molecule has 1 fully saturated rings. The molecule has 1 amide bonds. The number of amides is 1. The molecule has 134 valence electrons. The van der Waals surface area contributed by atoms with E-state index in [4.69, 9.17) is 0 Å². The van der Waals surface area contributed by atoms with Crippen LogP contribution in [-0.4, -0.2) is 48.7 Å². The number of rotatable bonds is 5. The van der Waals surface area contributed by atoms with E-state index in [9.17, 15) is 9.59 Å². The SMILES string of the molecule is CC(C)c1cc(C(=O)N2CCC[C@@H]2CC(=O)c2cnn(C)c2)nn1C. The summed E-state index contributed by atoms with van der Waals surface area (Å²) in [6, 6.07) is 1.80. The number of aromatic nitrogens is 4. The van der Waals surface area contributed by atoms with Crippen molar-refractivity contribution < 1.29 is 9.59 Å². The number of hydrogen-bond acceptors (Lipinski definition) is 4. The lowest BCUT2D eigenvalue weighted by molar-refractivity contribution is 0.0711. The van der Waals surface area contributed by atoms with Crippen LogP contribution in [0.3, 0.4) is 0 Å². The van der Waals surface area contributed by atoms with Gasteiger partial charge in [0.25, 0.3) is 5.91 Å². The van der Waals surface area contributed by atoms with E-state index in [2.05, 4.69) is 24.0 Å². The minimum absolute atomic E-state index is 0.0293. The lowest BCUT2D eigenvalue weighted by atomic mass is 10.0. The fraction of sp³-hybridized carbons (Fsp3) is 0.556. The summed E-state index contributed by atoms with van der Waals surface area (Å²) < 4.78 is 3.38. The van der Waals surface area contributed by atoms with Gasteiger partial charge in [0.1, 0.15) is 0 Å². The third-order valence-electron chi connectivity index (χ3n) is 4.81. The Labute approximate surface area is 147 Å². The highest BCUT2D eigenvalue weighted by molar-refractivity contribution is 5.97. The van der Waals surface area contributed by atoms with Crippen molar-refractivity contribution >= 4 is 11.7 Å². The standard InChI is InChI=1S/C18H25N5O2/c1-12(2)16-9-15(20-22(16)4)18(25)23-7-5-6-14(23)8-17(24)13-10-19-21(3)11-13/h9-12,14H,5-8H2,1-4H3/t14-/m1/s1. The van der Waals surface area contributed by atoms with E-state index < -0.39 is 0 Å². The molecule has 0 aliphatic carbocycles. The number of carbonyl (C=O) groups excluding carboxylic acids is 2. The second kappa shape index (κ2) is 6.82. The molecule has 0 N–H and O–H groups in total. The summed E-state index contributed by atoms with van der Waals surface area (Å²) in [7, 11) is 3.65. The second-order valence-corrected chi connectivity index (χ2v) is 7.06. The highest BCUT2D eigenvalue weighted by Gasteiger charge is 2.32. The highest BCUT2D eigenvalue weighted by atomic mass is 16.2. The van der Waals surface area contributed by atoms with Gasteiger partial charge in [-0.15, -0.1) is 0 Å². The van der Waals surface area contributed by atoms with Crippen molar-refractivity contribution in [2.75, 3.05) is 6.54 Å². The molecule has 3 rings (SSSR count). The number of nitrogens with zero attached hydrogens (tertiary/aromatic N) is 5. The Hall–Kier alpha value is -2.44. The zero-order valence-corrected chi connectivity index (χ0v) is 15.3. The summed E-state index contributed by atoms with van der Waals surface area (Å²) in [4.78, 5) is 27.2. The van der Waals surface area contributed by atoms with E-state index in [0.29, 0.717) is 30.1 Å². The quantitative estimate of drug-likeness (QED) is 0.780. The van der Waals surface area contributed by atoms with Crippen molar-refractivity contribution in [3.63, 3.8) is 0 Å². The van der Waals surface area contributed by atoms with Crippen molar-refractivity contribution in [2.24, 2.45) is 14.1 Å². The summed E-state index contributed by atoms with van der Waals surface area (Å²) in [5.74, 6) is 0.256. The lowest BCUT2D eigenvalue weighted by Gasteiger charge is -2.23. The molecule has 0 unspecified atom stereocenters. The molecular weight excluding hydrogens is 318 g/mol. The average Bonchev–Trinajstić information content (AvgIpc) is 3.26. The van der Waals surface area contributed by atoms with Gasteiger partial charge in [0.2, 0.25) is 0 Å². The normalized spacial score (nSPS) is 17.5. The molecule has 2 aromatic rings. The molecule has 3 heterocycles. The fourth-order valence-corrected chi connectivity index (χ4v) is 3.49. The van der Waals surface area contributed by atoms with Gasteiger partial charge in [-0.05, 0) is 24.8 Å². The first-order chi connectivity index (χ1) is 11.9. The number of aryl methyl sites for hydroxylation is 2. The number of carbonyl (C=O) groups is 2. The maximum Gasteiger partial charge on any atom is 0.274 e. The lowest BCUT2D eigenvalue weighted by Crippen LogP contribution is -2.37. The maximum absolute atomic E-state index is 12.9. The number of likely N-dealkylation sites (tertiary alicyclic amines) is 1. The Kier molecular flexibility index (Phi) is 4.74. The van der Waals surface area contributed by atoms with Crippen LogP contribution in [0, 0.1) is 0 Å². The first kappa shape index (κ1) is 17.4. The zero-order chi connectivity index (χ0) is 18.1. The van der Waals surface area contributed by atoms with E-state index in [0.717, 1.165) is 18.5 Å². The first-order valence-electron chi connectivity index (χ1n) is 8.73. The molecule has 0 aromatic carbocycles. The van der Waals surface area contributed by atoms with Crippen LogP contribution in [-0.2, 0) is 14.1 Å². The smallest absolute Gasteiger partial charge is 0.274 e. The molecule has 0 saturated carbocycles. The fourth-order valence-electron chi connectivity index (χ4n) is 3.49. The van der Waals surface area contributed by atoms with Crippen molar-refractivity contribution in [1.82, 2.24) is 24.5 Å². The summed E-state index contributed by atoms with van der Waals surface area (Å²) in [6.07, 6.45) is 5.40. The van der Waals surface area contributed by atoms with Crippen molar-refractivity contribution in [3.05, 3.63) is 35.4 Å². The van der Waals surface area contributed by atoms with Crippen LogP contribution in [0.5, 0.6) is 0 Å². The summed E-state index contributed by atoms with van der Waals surface area (Å²) >= 11 is 0. The van der Waals surface area contributed by atoms with Crippen LogP contribution < -0.4 is 0 Å². The van der Waals surface area contributed by atoms with Gasteiger partial charge in [-0.3, -0.25) is 19.0 Å². The number of ketones is 1. The third-order valence-corrected chi connectivity index (χ3v) is 4.81. The van der Waals surface area contributed by atoms with Gasteiger partial charge in [-0.1, -0.05) is 13.8 Å². The van der Waals surface area contributed by atoms with E-state index in [1.54, 1.807) is 33.7 Å². The van der Waals surface area contributed by atoms with Gasteiger partial charge in [-0.25, -0.2) is 0 Å². The summed E-state index contributed by atoms with van der Waals surface area (Å²) in [5.41, 5.74) is 2.10. The van der Waals surface area contributed by atoms with Gasteiger partial charge in [0.05, 0.1) is 11.8 Å². The molecule has 25 heavy (non-hydrogen) atoms. The molecule has 1 aliphatic rings. The van der Waals surface area contributed by atoms with E-state index in [1.165, 1.54) is 0 Å². The van der Waals surface area contributed by atoms with Gasteiger partial charge >= 0.3 is 0 Å². The van der Waals surface area contributed by atoms with Gasteiger partial charge in [0.15, 0.2) is 11.5 Å². The first-order valence-corrected chi connectivity index (χ1v) is 8.73. The molecule has 1 atom stereocenters. The predicted molar refractivity (Wildman–Crippen MR) is 93.5 cm³/mol. The topological polar surface area (TPSA) is 73.0 Å². The van der Waals surface area contributed by atoms with Crippen LogP contribution in [0.25, 0.3) is 0 Å². The van der Waals surface area contributed by atoms with Gasteiger partial charge < -0.3 is 4.90 Å². The highest BCUT2D eigenvalue weighted by Crippen LogP contribution is 2.25. The van der Waals surface area contributed by atoms with Crippen molar-refractivity contribution in [2.45, 2.75) is 45.1 Å². The van der Waals surface area contributed by atoms with Crippen molar-refractivity contribution in [3.8, 4) is 0 Å². The van der Waals surface area contributed by atoms with Crippen LogP contribution >= 0.6 is 0 Å². The maximum atomic E-state index is 12.9. The molecule has 2 aromatic heterocycles.